The number of carbonyl (C=O) groups excluding carboxylic acids is 1. The second-order valence-electron chi connectivity index (χ2n) is 6.85. The molecule has 3 aliphatic rings. The maximum absolute atomic E-state index is 12.2. The Hall–Kier alpha value is -0.610. The summed E-state index contributed by atoms with van der Waals surface area (Å²) in [5, 5.41) is 3.32. The molecular weight excluding hydrogens is 252 g/mol. The summed E-state index contributed by atoms with van der Waals surface area (Å²) >= 11 is 0. The van der Waals surface area contributed by atoms with Crippen LogP contribution in [0.5, 0.6) is 0 Å². The van der Waals surface area contributed by atoms with Crippen LogP contribution in [0.1, 0.15) is 51.4 Å². The molecule has 1 amide bonds. The van der Waals surface area contributed by atoms with Crippen molar-refractivity contribution >= 4 is 5.91 Å². The van der Waals surface area contributed by atoms with E-state index in [1.165, 1.54) is 38.5 Å². The van der Waals surface area contributed by atoms with Gasteiger partial charge in [-0.15, -0.1) is 0 Å². The van der Waals surface area contributed by atoms with Gasteiger partial charge in [-0.3, -0.25) is 4.79 Å². The van der Waals surface area contributed by atoms with Crippen molar-refractivity contribution in [1.82, 2.24) is 10.2 Å². The van der Waals surface area contributed by atoms with Gasteiger partial charge in [0.05, 0.1) is 6.10 Å². The van der Waals surface area contributed by atoms with Gasteiger partial charge in [-0.05, 0) is 57.0 Å². The summed E-state index contributed by atoms with van der Waals surface area (Å²) in [5.74, 6) is 0.205. The molecule has 1 saturated carbocycles. The minimum Gasteiger partial charge on any atom is -0.368 e. The Kier molecular flexibility index (Phi) is 4.61. The fourth-order valence-corrected chi connectivity index (χ4v) is 4.10. The Morgan fingerprint density at radius 3 is 2.40 bits per heavy atom. The summed E-state index contributed by atoms with van der Waals surface area (Å²) in [6.07, 6.45) is 10.4. The van der Waals surface area contributed by atoms with E-state index < -0.39 is 0 Å². The number of nitrogens with one attached hydrogen (secondary N) is 1. The van der Waals surface area contributed by atoms with Crippen LogP contribution in [0.25, 0.3) is 0 Å². The molecule has 0 atom stereocenters. The van der Waals surface area contributed by atoms with Crippen LogP contribution in [0.3, 0.4) is 0 Å². The number of piperidine rings is 2. The van der Waals surface area contributed by atoms with Crippen LogP contribution in [-0.4, -0.2) is 49.7 Å². The second-order valence-corrected chi connectivity index (χ2v) is 6.85. The Labute approximate surface area is 122 Å². The number of carbonyl (C=O) groups is 1. The third-order valence-corrected chi connectivity index (χ3v) is 5.57. The van der Waals surface area contributed by atoms with Gasteiger partial charge in [0.15, 0.2) is 0 Å². The normalized spacial score (nSPS) is 27.1. The van der Waals surface area contributed by atoms with Gasteiger partial charge in [0.1, 0.15) is 6.61 Å². The lowest BCUT2D eigenvalue weighted by atomic mass is 9.77. The lowest BCUT2D eigenvalue weighted by molar-refractivity contribution is -0.141. The molecule has 4 heteroatoms. The summed E-state index contributed by atoms with van der Waals surface area (Å²) in [7, 11) is 0. The molecule has 0 aromatic heterocycles. The number of likely N-dealkylation sites (tertiary alicyclic amines) is 1. The van der Waals surface area contributed by atoms with Crippen LogP contribution in [0.15, 0.2) is 0 Å². The smallest absolute Gasteiger partial charge is 0.248 e. The molecule has 0 radical (unpaired) electrons. The lowest BCUT2D eigenvalue weighted by Crippen LogP contribution is -2.44. The van der Waals surface area contributed by atoms with Crippen molar-refractivity contribution in [3.8, 4) is 0 Å². The average Bonchev–Trinajstić information content (AvgIpc) is 2.95. The fraction of sp³-hybridized carbons (Fsp3) is 0.938. The van der Waals surface area contributed by atoms with E-state index in [4.69, 9.17) is 4.74 Å². The van der Waals surface area contributed by atoms with E-state index >= 15 is 0 Å². The van der Waals surface area contributed by atoms with E-state index in [0.717, 1.165) is 39.0 Å². The summed E-state index contributed by atoms with van der Waals surface area (Å²) in [6.45, 7) is 4.23. The topological polar surface area (TPSA) is 41.6 Å². The van der Waals surface area contributed by atoms with Gasteiger partial charge in [0.25, 0.3) is 0 Å². The van der Waals surface area contributed by atoms with Gasteiger partial charge in [-0.2, -0.15) is 0 Å². The van der Waals surface area contributed by atoms with Crippen LogP contribution >= 0.6 is 0 Å². The highest BCUT2D eigenvalue weighted by Gasteiger charge is 2.37. The quantitative estimate of drug-likeness (QED) is 0.859. The molecular formula is C16H28N2O2. The number of rotatable bonds is 3. The zero-order chi connectivity index (χ0) is 13.8. The third kappa shape index (κ3) is 3.34. The number of hydrogen-bond acceptors (Lipinski definition) is 3. The molecule has 3 rings (SSSR count). The van der Waals surface area contributed by atoms with Crippen molar-refractivity contribution < 1.29 is 9.53 Å². The Bertz CT molecular complexity index is 323. The molecule has 0 bridgehead atoms. The zero-order valence-corrected chi connectivity index (χ0v) is 12.5. The first-order chi connectivity index (χ1) is 9.77. The van der Waals surface area contributed by atoms with Crippen molar-refractivity contribution in [1.29, 1.82) is 0 Å². The van der Waals surface area contributed by atoms with Crippen molar-refractivity contribution in [2.24, 2.45) is 5.41 Å². The Morgan fingerprint density at radius 2 is 1.75 bits per heavy atom. The molecule has 2 aliphatic heterocycles. The molecule has 3 fully saturated rings. The molecule has 0 aromatic carbocycles. The summed E-state index contributed by atoms with van der Waals surface area (Å²) < 4.78 is 5.78. The predicted molar refractivity (Wildman–Crippen MR) is 78.6 cm³/mol. The molecule has 2 saturated heterocycles. The van der Waals surface area contributed by atoms with E-state index in [1.807, 2.05) is 4.90 Å². The van der Waals surface area contributed by atoms with Crippen molar-refractivity contribution in [3.05, 3.63) is 0 Å². The minimum atomic E-state index is 0.205. The molecule has 1 spiro atoms. The molecule has 114 valence electrons. The van der Waals surface area contributed by atoms with Crippen LogP contribution in [0.4, 0.5) is 0 Å². The number of ether oxygens (including phenoxy) is 1. The van der Waals surface area contributed by atoms with Crippen LogP contribution in [0, 0.1) is 5.41 Å². The van der Waals surface area contributed by atoms with Gasteiger partial charge in [-0.25, -0.2) is 0 Å². The van der Waals surface area contributed by atoms with Gasteiger partial charge >= 0.3 is 0 Å². The first kappa shape index (κ1) is 14.3. The van der Waals surface area contributed by atoms with Gasteiger partial charge in [-0.1, -0.05) is 12.8 Å². The number of amides is 1. The number of hydrogen-bond donors (Lipinski definition) is 1. The highest BCUT2D eigenvalue weighted by atomic mass is 16.5. The molecule has 2 heterocycles. The third-order valence-electron chi connectivity index (χ3n) is 5.57. The molecule has 0 aromatic rings. The molecule has 0 unspecified atom stereocenters. The standard InChI is InChI=1S/C16H28N2O2/c19-15(13-20-14-3-9-17-10-4-14)18-11-7-16(8-12-18)5-1-2-6-16/h14,17H,1-13H2. The van der Waals surface area contributed by atoms with Crippen molar-refractivity contribution in [2.75, 3.05) is 32.8 Å². The monoisotopic (exact) mass is 280 g/mol. The zero-order valence-electron chi connectivity index (χ0n) is 12.5. The van der Waals surface area contributed by atoms with Gasteiger partial charge in [0.2, 0.25) is 5.91 Å². The molecule has 1 aliphatic carbocycles. The van der Waals surface area contributed by atoms with E-state index in [0.29, 0.717) is 5.41 Å². The Balaban J connectivity index is 1.39. The first-order valence-electron chi connectivity index (χ1n) is 8.38. The van der Waals surface area contributed by atoms with Crippen molar-refractivity contribution in [2.45, 2.75) is 57.5 Å². The molecule has 4 nitrogen and oxygen atoms in total. The predicted octanol–water partition coefficient (Wildman–Crippen LogP) is 1.94. The largest absolute Gasteiger partial charge is 0.368 e. The summed E-state index contributed by atoms with van der Waals surface area (Å²) in [4.78, 5) is 14.3. The maximum atomic E-state index is 12.2. The first-order valence-corrected chi connectivity index (χ1v) is 8.38. The van der Waals surface area contributed by atoms with Crippen molar-refractivity contribution in [3.63, 3.8) is 0 Å². The van der Waals surface area contributed by atoms with Gasteiger partial charge in [0, 0.05) is 13.1 Å². The van der Waals surface area contributed by atoms with Crippen LogP contribution < -0.4 is 5.32 Å². The van der Waals surface area contributed by atoms with Crippen LogP contribution in [0.2, 0.25) is 0 Å². The minimum absolute atomic E-state index is 0.205. The maximum Gasteiger partial charge on any atom is 0.248 e. The highest BCUT2D eigenvalue weighted by Crippen LogP contribution is 2.46. The van der Waals surface area contributed by atoms with E-state index in [-0.39, 0.29) is 18.6 Å². The molecule has 1 N–H and O–H groups in total. The summed E-state index contributed by atoms with van der Waals surface area (Å²) in [6, 6.07) is 0. The highest BCUT2D eigenvalue weighted by molar-refractivity contribution is 5.77. The van der Waals surface area contributed by atoms with Gasteiger partial charge < -0.3 is 15.0 Å². The average molecular weight is 280 g/mol. The SMILES string of the molecule is O=C(COC1CCNCC1)N1CCC2(CCCC2)CC1. The van der Waals surface area contributed by atoms with E-state index in [9.17, 15) is 4.79 Å². The molecule has 20 heavy (non-hydrogen) atoms. The van der Waals surface area contributed by atoms with Crippen LogP contribution in [-0.2, 0) is 9.53 Å². The lowest BCUT2D eigenvalue weighted by Gasteiger charge is -2.39. The Morgan fingerprint density at radius 1 is 1.10 bits per heavy atom. The fourth-order valence-electron chi connectivity index (χ4n) is 4.10. The van der Waals surface area contributed by atoms with E-state index in [1.54, 1.807) is 0 Å². The van der Waals surface area contributed by atoms with E-state index in [2.05, 4.69) is 5.32 Å². The second kappa shape index (κ2) is 6.44. The number of nitrogens with zero attached hydrogens (tertiary/aromatic N) is 1. The summed E-state index contributed by atoms with van der Waals surface area (Å²) in [5.41, 5.74) is 0.590.